The summed E-state index contributed by atoms with van der Waals surface area (Å²) in [6.45, 7) is 0.564. The molecule has 0 aliphatic heterocycles. The molecule has 1 aliphatic carbocycles. The predicted molar refractivity (Wildman–Crippen MR) is 53.3 cm³/mol. The van der Waals surface area contributed by atoms with Gasteiger partial charge < -0.3 is 5.32 Å². The van der Waals surface area contributed by atoms with Gasteiger partial charge in [0.05, 0.1) is 12.6 Å². The maximum Gasteiger partial charge on any atom is 0.0865 e. The first-order valence-electron chi connectivity index (χ1n) is 5.02. The Morgan fingerprint density at radius 2 is 2.00 bits per heavy atom. The van der Waals surface area contributed by atoms with Crippen LogP contribution in [0.15, 0.2) is 0 Å². The Morgan fingerprint density at radius 3 is 2.46 bits per heavy atom. The molecule has 1 fully saturated rings. The van der Waals surface area contributed by atoms with E-state index in [9.17, 15) is 0 Å². The minimum absolute atomic E-state index is 0.564. The van der Waals surface area contributed by atoms with E-state index in [1.807, 2.05) is 14.1 Å². The molecule has 0 atom stereocenters. The Bertz CT molecular complexity index is 177. The first kappa shape index (κ1) is 10.5. The van der Waals surface area contributed by atoms with Gasteiger partial charge in [0.1, 0.15) is 0 Å². The van der Waals surface area contributed by atoms with Gasteiger partial charge in [-0.3, -0.25) is 4.90 Å². The van der Waals surface area contributed by atoms with E-state index in [1.54, 1.807) is 0 Å². The van der Waals surface area contributed by atoms with E-state index >= 15 is 0 Å². The predicted octanol–water partition coefficient (Wildman–Crippen LogP) is 0.972. The highest BCUT2D eigenvalue weighted by molar-refractivity contribution is 4.84. The van der Waals surface area contributed by atoms with Crippen molar-refractivity contribution in [2.75, 3.05) is 20.6 Å². The maximum absolute atomic E-state index is 8.56. The lowest BCUT2D eigenvalue weighted by Gasteiger charge is -2.33. The van der Waals surface area contributed by atoms with E-state index in [0.29, 0.717) is 18.6 Å². The molecule has 0 radical (unpaired) electrons. The summed E-state index contributed by atoms with van der Waals surface area (Å²) < 4.78 is 0. The standard InChI is InChI=1S/C10H19N3/c1-12-9-3-5-10(6-4-9)13(2)8-7-11/h9-10,12H,3-6,8H2,1-2H3. The second-order valence-corrected chi connectivity index (χ2v) is 3.87. The van der Waals surface area contributed by atoms with Crippen molar-refractivity contribution in [1.29, 1.82) is 5.26 Å². The van der Waals surface area contributed by atoms with Gasteiger partial charge in [-0.15, -0.1) is 0 Å². The molecule has 13 heavy (non-hydrogen) atoms. The molecule has 0 amide bonds. The molecule has 1 N–H and O–H groups in total. The molecule has 0 aromatic carbocycles. The maximum atomic E-state index is 8.56. The molecular formula is C10H19N3. The number of nitriles is 1. The lowest BCUT2D eigenvalue weighted by molar-refractivity contribution is 0.193. The molecule has 0 unspecified atom stereocenters. The van der Waals surface area contributed by atoms with E-state index in [4.69, 9.17) is 5.26 Å². The zero-order chi connectivity index (χ0) is 9.68. The molecule has 3 nitrogen and oxygen atoms in total. The SMILES string of the molecule is CNC1CCC(N(C)CC#N)CC1. The zero-order valence-corrected chi connectivity index (χ0v) is 8.58. The van der Waals surface area contributed by atoms with E-state index in [-0.39, 0.29) is 0 Å². The molecule has 0 bridgehead atoms. The normalized spacial score (nSPS) is 28.8. The fourth-order valence-electron chi connectivity index (χ4n) is 2.05. The number of nitrogens with zero attached hydrogens (tertiary/aromatic N) is 2. The first-order valence-corrected chi connectivity index (χ1v) is 5.02. The number of rotatable bonds is 3. The topological polar surface area (TPSA) is 39.1 Å². The lowest BCUT2D eigenvalue weighted by atomic mass is 9.90. The van der Waals surface area contributed by atoms with E-state index < -0.39 is 0 Å². The molecule has 0 saturated heterocycles. The van der Waals surface area contributed by atoms with Crippen LogP contribution in [0.5, 0.6) is 0 Å². The van der Waals surface area contributed by atoms with Gasteiger partial charge in [0.15, 0.2) is 0 Å². The molecule has 0 spiro atoms. The van der Waals surface area contributed by atoms with Crippen molar-refractivity contribution < 1.29 is 0 Å². The molecule has 74 valence electrons. The van der Waals surface area contributed by atoms with Crippen LogP contribution in [0.2, 0.25) is 0 Å². The second kappa shape index (κ2) is 5.21. The van der Waals surface area contributed by atoms with Crippen molar-refractivity contribution in [3.8, 4) is 6.07 Å². The largest absolute Gasteiger partial charge is 0.317 e. The summed E-state index contributed by atoms with van der Waals surface area (Å²) in [7, 11) is 4.08. The minimum atomic E-state index is 0.564. The highest BCUT2D eigenvalue weighted by Gasteiger charge is 2.22. The van der Waals surface area contributed by atoms with Gasteiger partial charge in [0, 0.05) is 12.1 Å². The third kappa shape index (κ3) is 2.98. The second-order valence-electron chi connectivity index (χ2n) is 3.87. The number of nitrogens with one attached hydrogen (secondary N) is 1. The quantitative estimate of drug-likeness (QED) is 0.659. The Labute approximate surface area is 80.7 Å². The van der Waals surface area contributed by atoms with Crippen molar-refractivity contribution in [3.63, 3.8) is 0 Å². The fourth-order valence-corrected chi connectivity index (χ4v) is 2.05. The highest BCUT2D eigenvalue weighted by Crippen LogP contribution is 2.21. The third-order valence-corrected chi connectivity index (χ3v) is 3.05. The molecule has 1 aliphatic rings. The summed E-state index contributed by atoms with van der Waals surface area (Å²) in [4.78, 5) is 2.17. The van der Waals surface area contributed by atoms with Crippen LogP contribution < -0.4 is 5.32 Å². The summed E-state index contributed by atoms with van der Waals surface area (Å²) >= 11 is 0. The fraction of sp³-hybridized carbons (Fsp3) is 0.900. The average Bonchev–Trinajstić information content (AvgIpc) is 2.18. The molecule has 0 aromatic heterocycles. The smallest absolute Gasteiger partial charge is 0.0865 e. The van der Waals surface area contributed by atoms with Gasteiger partial charge in [-0.05, 0) is 39.8 Å². The van der Waals surface area contributed by atoms with Crippen LogP contribution in [0.1, 0.15) is 25.7 Å². The summed E-state index contributed by atoms with van der Waals surface area (Å²) in [6, 6.07) is 3.53. The molecule has 3 heteroatoms. The van der Waals surface area contributed by atoms with Gasteiger partial charge in [0.2, 0.25) is 0 Å². The van der Waals surface area contributed by atoms with Gasteiger partial charge >= 0.3 is 0 Å². The van der Waals surface area contributed by atoms with Crippen LogP contribution in [0.3, 0.4) is 0 Å². The Hall–Kier alpha value is -0.590. The van der Waals surface area contributed by atoms with Crippen molar-refractivity contribution in [3.05, 3.63) is 0 Å². The van der Waals surface area contributed by atoms with Crippen molar-refractivity contribution >= 4 is 0 Å². The minimum Gasteiger partial charge on any atom is -0.317 e. The summed E-state index contributed by atoms with van der Waals surface area (Å²) in [5.41, 5.74) is 0. The Morgan fingerprint density at radius 1 is 1.38 bits per heavy atom. The summed E-state index contributed by atoms with van der Waals surface area (Å²) in [5, 5.41) is 11.9. The molecular weight excluding hydrogens is 162 g/mol. The van der Waals surface area contributed by atoms with Crippen LogP contribution in [-0.2, 0) is 0 Å². The number of hydrogen-bond donors (Lipinski definition) is 1. The summed E-state index contributed by atoms with van der Waals surface area (Å²) in [6.07, 6.45) is 4.95. The van der Waals surface area contributed by atoms with Crippen molar-refractivity contribution in [1.82, 2.24) is 10.2 Å². The third-order valence-electron chi connectivity index (χ3n) is 3.05. The Balaban J connectivity index is 2.28. The summed E-state index contributed by atoms with van der Waals surface area (Å²) in [5.74, 6) is 0. The lowest BCUT2D eigenvalue weighted by Crippen LogP contribution is -2.39. The van der Waals surface area contributed by atoms with Crippen molar-refractivity contribution in [2.45, 2.75) is 37.8 Å². The van der Waals surface area contributed by atoms with Crippen molar-refractivity contribution in [2.24, 2.45) is 0 Å². The van der Waals surface area contributed by atoms with Gasteiger partial charge in [0.25, 0.3) is 0 Å². The zero-order valence-electron chi connectivity index (χ0n) is 8.58. The van der Waals surface area contributed by atoms with Crippen LogP contribution in [-0.4, -0.2) is 37.6 Å². The van der Waals surface area contributed by atoms with Crippen LogP contribution in [0.4, 0.5) is 0 Å². The molecule has 0 aromatic rings. The van der Waals surface area contributed by atoms with Gasteiger partial charge in [-0.25, -0.2) is 0 Å². The van der Waals surface area contributed by atoms with Gasteiger partial charge in [-0.1, -0.05) is 0 Å². The average molecular weight is 181 g/mol. The number of hydrogen-bond acceptors (Lipinski definition) is 3. The van der Waals surface area contributed by atoms with E-state index in [1.165, 1.54) is 25.7 Å². The van der Waals surface area contributed by atoms with Crippen LogP contribution in [0, 0.1) is 11.3 Å². The molecule has 0 heterocycles. The first-order chi connectivity index (χ1) is 6.27. The monoisotopic (exact) mass is 181 g/mol. The van der Waals surface area contributed by atoms with Crippen LogP contribution in [0.25, 0.3) is 0 Å². The molecule has 1 saturated carbocycles. The van der Waals surface area contributed by atoms with Crippen LogP contribution >= 0.6 is 0 Å². The van der Waals surface area contributed by atoms with E-state index in [2.05, 4.69) is 16.3 Å². The Kier molecular flexibility index (Phi) is 4.20. The molecule has 1 rings (SSSR count). The van der Waals surface area contributed by atoms with Gasteiger partial charge in [-0.2, -0.15) is 5.26 Å². The van der Waals surface area contributed by atoms with E-state index in [0.717, 1.165) is 0 Å². The highest BCUT2D eigenvalue weighted by atomic mass is 15.1.